The van der Waals surface area contributed by atoms with Crippen LogP contribution >= 0.6 is 0 Å². The molecule has 142 valence electrons. The summed E-state index contributed by atoms with van der Waals surface area (Å²) in [5.41, 5.74) is 2.40. The lowest BCUT2D eigenvalue weighted by molar-refractivity contribution is -0.117. The molecule has 1 heterocycles. The van der Waals surface area contributed by atoms with Crippen molar-refractivity contribution in [1.82, 2.24) is 10.2 Å². The molecule has 3 aromatic rings. The van der Waals surface area contributed by atoms with Gasteiger partial charge in [-0.05, 0) is 43.5 Å². The monoisotopic (exact) mass is 376 g/mol. The molecular weight excluding hydrogens is 356 g/mol. The van der Waals surface area contributed by atoms with Crippen LogP contribution in [0.1, 0.15) is 24.1 Å². The molecule has 7 heteroatoms. The Morgan fingerprint density at radius 1 is 1.11 bits per heavy atom. The molecule has 0 bridgehead atoms. The van der Waals surface area contributed by atoms with Gasteiger partial charge in [-0.1, -0.05) is 24.3 Å². The summed E-state index contributed by atoms with van der Waals surface area (Å²) in [7, 11) is 0. The predicted molar refractivity (Wildman–Crippen MR) is 107 cm³/mol. The van der Waals surface area contributed by atoms with Crippen molar-refractivity contribution in [2.75, 3.05) is 10.6 Å². The van der Waals surface area contributed by atoms with E-state index in [0.717, 1.165) is 18.4 Å². The Bertz CT molecular complexity index is 1130. The summed E-state index contributed by atoms with van der Waals surface area (Å²) in [6, 6.07) is 12.5. The smallest absolute Gasteiger partial charge is 0.272 e. The highest BCUT2D eigenvalue weighted by Crippen LogP contribution is 2.30. The zero-order valence-electron chi connectivity index (χ0n) is 15.4. The molecular formula is C21H20N4O3. The van der Waals surface area contributed by atoms with Crippen molar-refractivity contribution in [3.63, 3.8) is 0 Å². The SMILES string of the molecule is Cc1ccc(NC(=O)C2CC2)cc1NC(=O)Cc1n[nH]c(=O)c2ccccc12. The molecule has 0 saturated heterocycles. The number of nitrogens with one attached hydrogen (secondary N) is 3. The molecule has 2 aromatic carbocycles. The number of aryl methyl sites for hydroxylation is 1. The van der Waals surface area contributed by atoms with E-state index in [4.69, 9.17) is 0 Å². The van der Waals surface area contributed by atoms with Crippen molar-refractivity contribution in [2.45, 2.75) is 26.2 Å². The lowest BCUT2D eigenvalue weighted by Crippen LogP contribution is -2.19. The van der Waals surface area contributed by atoms with Crippen LogP contribution in [-0.2, 0) is 16.0 Å². The Hall–Kier alpha value is -3.48. The first-order chi connectivity index (χ1) is 13.5. The van der Waals surface area contributed by atoms with E-state index < -0.39 is 0 Å². The van der Waals surface area contributed by atoms with Gasteiger partial charge in [0.25, 0.3) is 5.56 Å². The molecule has 1 aromatic heterocycles. The first-order valence-electron chi connectivity index (χ1n) is 9.19. The molecule has 1 fully saturated rings. The standard InChI is InChI=1S/C21H20N4O3/c1-12-6-9-14(22-20(27)13-7-8-13)10-17(12)23-19(26)11-18-15-4-2-3-5-16(15)21(28)25-24-18/h2-6,9-10,13H,7-8,11H2,1H3,(H,22,27)(H,23,26)(H,25,28). The summed E-state index contributed by atoms with van der Waals surface area (Å²) in [6.07, 6.45) is 1.89. The fraction of sp³-hybridized carbons (Fsp3) is 0.238. The van der Waals surface area contributed by atoms with Crippen LogP contribution in [0.2, 0.25) is 0 Å². The lowest BCUT2D eigenvalue weighted by atomic mass is 10.1. The van der Waals surface area contributed by atoms with Crippen LogP contribution in [0.4, 0.5) is 11.4 Å². The average Bonchev–Trinajstić information content (AvgIpc) is 3.52. The molecule has 4 rings (SSSR count). The van der Waals surface area contributed by atoms with Crippen LogP contribution in [0.15, 0.2) is 47.3 Å². The largest absolute Gasteiger partial charge is 0.326 e. The molecule has 3 N–H and O–H groups in total. The zero-order chi connectivity index (χ0) is 19.7. The van der Waals surface area contributed by atoms with Crippen LogP contribution < -0.4 is 16.2 Å². The molecule has 7 nitrogen and oxygen atoms in total. The molecule has 1 saturated carbocycles. The fourth-order valence-corrected chi connectivity index (χ4v) is 3.08. The first-order valence-corrected chi connectivity index (χ1v) is 9.19. The summed E-state index contributed by atoms with van der Waals surface area (Å²) in [5.74, 6) is -0.123. The van der Waals surface area contributed by atoms with Crippen LogP contribution in [-0.4, -0.2) is 22.0 Å². The third kappa shape index (κ3) is 3.78. The van der Waals surface area contributed by atoms with Crippen LogP contribution in [0, 0.1) is 12.8 Å². The maximum atomic E-state index is 12.6. The van der Waals surface area contributed by atoms with Crippen molar-refractivity contribution >= 4 is 34.0 Å². The minimum atomic E-state index is -0.283. The number of fused-ring (bicyclic) bond motifs is 1. The van der Waals surface area contributed by atoms with Gasteiger partial charge in [-0.15, -0.1) is 0 Å². The number of H-pyrrole nitrogens is 1. The van der Waals surface area contributed by atoms with Gasteiger partial charge >= 0.3 is 0 Å². The van der Waals surface area contributed by atoms with Crippen LogP contribution in [0.25, 0.3) is 10.8 Å². The number of carbonyl (C=O) groups is 2. The number of aromatic amines is 1. The van der Waals surface area contributed by atoms with Gasteiger partial charge in [0.2, 0.25) is 11.8 Å². The second-order valence-electron chi connectivity index (χ2n) is 7.06. The molecule has 1 aliphatic rings. The number of aromatic nitrogens is 2. The van der Waals surface area contributed by atoms with Gasteiger partial charge < -0.3 is 10.6 Å². The Kier molecular flexibility index (Phi) is 4.65. The van der Waals surface area contributed by atoms with Crippen molar-refractivity contribution in [1.29, 1.82) is 0 Å². The summed E-state index contributed by atoms with van der Waals surface area (Å²) in [6.45, 7) is 1.88. The molecule has 0 atom stereocenters. The van der Waals surface area contributed by atoms with E-state index in [-0.39, 0.29) is 29.7 Å². The normalized spacial score (nSPS) is 13.3. The highest BCUT2D eigenvalue weighted by atomic mass is 16.2. The first kappa shape index (κ1) is 17.9. The highest BCUT2D eigenvalue weighted by molar-refractivity contribution is 5.98. The summed E-state index contributed by atoms with van der Waals surface area (Å²) in [4.78, 5) is 36.4. The molecule has 0 aliphatic heterocycles. The number of hydrogen-bond acceptors (Lipinski definition) is 4. The quantitative estimate of drug-likeness (QED) is 0.637. The fourth-order valence-electron chi connectivity index (χ4n) is 3.08. The number of amides is 2. The van der Waals surface area contributed by atoms with Gasteiger partial charge in [0.05, 0.1) is 17.5 Å². The molecule has 0 unspecified atom stereocenters. The van der Waals surface area contributed by atoms with Crippen molar-refractivity contribution in [3.8, 4) is 0 Å². The number of benzene rings is 2. The summed E-state index contributed by atoms with van der Waals surface area (Å²) in [5, 5.41) is 13.4. The Balaban J connectivity index is 1.52. The summed E-state index contributed by atoms with van der Waals surface area (Å²) < 4.78 is 0. The van der Waals surface area contributed by atoms with E-state index in [9.17, 15) is 14.4 Å². The molecule has 2 amide bonds. The second kappa shape index (κ2) is 7.26. The van der Waals surface area contributed by atoms with Gasteiger partial charge in [-0.3, -0.25) is 14.4 Å². The Labute approximate surface area is 161 Å². The highest BCUT2D eigenvalue weighted by Gasteiger charge is 2.29. The third-order valence-corrected chi connectivity index (χ3v) is 4.83. The summed E-state index contributed by atoms with van der Waals surface area (Å²) >= 11 is 0. The van der Waals surface area contributed by atoms with Gasteiger partial charge in [-0.25, -0.2) is 5.10 Å². The van der Waals surface area contributed by atoms with Gasteiger partial charge in [0.1, 0.15) is 0 Å². The minimum Gasteiger partial charge on any atom is -0.326 e. The van der Waals surface area contributed by atoms with Gasteiger partial charge in [-0.2, -0.15) is 5.10 Å². The van der Waals surface area contributed by atoms with Crippen molar-refractivity contribution in [2.24, 2.45) is 5.92 Å². The van der Waals surface area contributed by atoms with E-state index in [1.807, 2.05) is 19.1 Å². The van der Waals surface area contributed by atoms with Gasteiger partial charge in [0.15, 0.2) is 0 Å². The molecule has 0 spiro atoms. The number of nitrogens with zero attached hydrogens (tertiary/aromatic N) is 1. The molecule has 28 heavy (non-hydrogen) atoms. The van der Waals surface area contributed by atoms with Gasteiger partial charge in [0, 0.05) is 22.7 Å². The van der Waals surface area contributed by atoms with E-state index in [1.165, 1.54) is 0 Å². The predicted octanol–water partition coefficient (Wildman–Crippen LogP) is 2.76. The van der Waals surface area contributed by atoms with E-state index in [2.05, 4.69) is 20.8 Å². The second-order valence-corrected chi connectivity index (χ2v) is 7.06. The van der Waals surface area contributed by atoms with E-state index in [0.29, 0.717) is 27.8 Å². The Morgan fingerprint density at radius 2 is 1.86 bits per heavy atom. The van der Waals surface area contributed by atoms with Crippen LogP contribution in [0.5, 0.6) is 0 Å². The van der Waals surface area contributed by atoms with Crippen molar-refractivity contribution < 1.29 is 9.59 Å². The lowest BCUT2D eigenvalue weighted by Gasteiger charge is -2.12. The maximum Gasteiger partial charge on any atom is 0.272 e. The topological polar surface area (TPSA) is 104 Å². The molecule has 1 aliphatic carbocycles. The Morgan fingerprint density at radius 3 is 2.61 bits per heavy atom. The third-order valence-electron chi connectivity index (χ3n) is 4.83. The number of carbonyl (C=O) groups excluding carboxylic acids is 2. The van der Waals surface area contributed by atoms with E-state index >= 15 is 0 Å². The maximum absolute atomic E-state index is 12.6. The zero-order valence-corrected chi connectivity index (χ0v) is 15.4. The van der Waals surface area contributed by atoms with Crippen molar-refractivity contribution in [3.05, 3.63) is 64.1 Å². The van der Waals surface area contributed by atoms with Crippen LogP contribution in [0.3, 0.4) is 0 Å². The number of rotatable bonds is 5. The minimum absolute atomic E-state index is 0.0186. The number of anilines is 2. The number of hydrogen-bond donors (Lipinski definition) is 3. The average molecular weight is 376 g/mol. The van der Waals surface area contributed by atoms with E-state index in [1.54, 1.807) is 30.3 Å². The molecule has 0 radical (unpaired) electrons.